The fourth-order valence-electron chi connectivity index (χ4n) is 2.41. The maximum absolute atomic E-state index is 5.47. The molecule has 0 unspecified atom stereocenters. The summed E-state index contributed by atoms with van der Waals surface area (Å²) in [7, 11) is 3.28. The molecule has 0 radical (unpaired) electrons. The lowest BCUT2D eigenvalue weighted by Crippen LogP contribution is -2.36. The predicted octanol–water partition coefficient (Wildman–Crippen LogP) is 3.54. The van der Waals surface area contributed by atoms with Crippen LogP contribution in [0.15, 0.2) is 28.6 Å². The van der Waals surface area contributed by atoms with Gasteiger partial charge in [0.05, 0.1) is 33.0 Å². The summed E-state index contributed by atoms with van der Waals surface area (Å²) in [6, 6.07) is 5.81. The molecule has 0 saturated heterocycles. The van der Waals surface area contributed by atoms with Crippen molar-refractivity contribution in [3.8, 4) is 11.5 Å². The Bertz CT molecular complexity index is 728. The van der Waals surface area contributed by atoms with Crippen LogP contribution in [-0.2, 0) is 13.1 Å². The van der Waals surface area contributed by atoms with E-state index in [0.717, 1.165) is 34.5 Å². The highest BCUT2D eigenvalue weighted by molar-refractivity contribution is 7.09. The maximum Gasteiger partial charge on any atom is 0.191 e. The number of para-hydroxylation sites is 1. The molecule has 1 heterocycles. The Morgan fingerprint density at radius 3 is 2.65 bits per heavy atom. The van der Waals surface area contributed by atoms with Gasteiger partial charge in [0, 0.05) is 17.5 Å². The Labute approximate surface area is 159 Å². The summed E-state index contributed by atoms with van der Waals surface area (Å²) in [4.78, 5) is 9.31. The second kappa shape index (κ2) is 10.0. The Balaban J connectivity index is 2.06. The first-order valence-electron chi connectivity index (χ1n) is 8.75. The monoisotopic (exact) mass is 376 g/mol. The van der Waals surface area contributed by atoms with E-state index >= 15 is 0 Å². The second-order valence-electron chi connectivity index (χ2n) is 6.02. The van der Waals surface area contributed by atoms with E-state index in [1.165, 1.54) is 0 Å². The normalized spacial score (nSPS) is 11.5. The number of guanidine groups is 1. The standard InChI is InChI=1S/C19H28N4O2S/c1-6-20-19(22-11-17-23-15(12-26-17)13(2)3)21-10-14-8-7-9-16(24-4)18(14)25-5/h7-9,12-13H,6,10-11H2,1-5H3,(H2,20,21,22). The molecule has 0 aliphatic carbocycles. The van der Waals surface area contributed by atoms with Gasteiger partial charge < -0.3 is 20.1 Å². The molecule has 1 aromatic carbocycles. The van der Waals surface area contributed by atoms with Crippen LogP contribution in [0.25, 0.3) is 0 Å². The fraction of sp³-hybridized carbons (Fsp3) is 0.474. The SMILES string of the molecule is CCNC(=NCc1cccc(OC)c1OC)NCc1nc(C(C)C)cs1. The number of ether oxygens (including phenoxy) is 2. The number of benzene rings is 1. The maximum atomic E-state index is 5.47. The molecule has 7 heteroatoms. The molecule has 0 saturated carbocycles. The molecule has 0 bridgehead atoms. The van der Waals surface area contributed by atoms with E-state index in [4.69, 9.17) is 9.47 Å². The number of rotatable bonds is 8. The van der Waals surface area contributed by atoms with Crippen molar-refractivity contribution in [3.05, 3.63) is 39.8 Å². The number of hydrogen-bond acceptors (Lipinski definition) is 5. The average Bonchev–Trinajstić information content (AvgIpc) is 3.12. The molecule has 142 valence electrons. The molecular weight excluding hydrogens is 348 g/mol. The Hall–Kier alpha value is -2.28. The zero-order valence-corrected chi connectivity index (χ0v) is 16.9. The summed E-state index contributed by atoms with van der Waals surface area (Å²) in [5.74, 6) is 2.62. The number of aromatic nitrogens is 1. The quantitative estimate of drug-likeness (QED) is 0.545. The molecule has 0 aliphatic rings. The van der Waals surface area contributed by atoms with Crippen LogP contribution in [0.1, 0.15) is 43.0 Å². The van der Waals surface area contributed by atoms with E-state index < -0.39 is 0 Å². The third kappa shape index (κ3) is 5.36. The van der Waals surface area contributed by atoms with E-state index in [1.54, 1.807) is 25.6 Å². The predicted molar refractivity (Wildman–Crippen MR) is 107 cm³/mol. The minimum Gasteiger partial charge on any atom is -0.493 e. The summed E-state index contributed by atoms with van der Waals surface area (Å²) >= 11 is 1.67. The molecule has 2 aromatic rings. The molecule has 1 aromatic heterocycles. The van der Waals surface area contributed by atoms with Gasteiger partial charge in [0.15, 0.2) is 17.5 Å². The van der Waals surface area contributed by atoms with Gasteiger partial charge in [-0.2, -0.15) is 0 Å². The highest BCUT2D eigenvalue weighted by Crippen LogP contribution is 2.31. The van der Waals surface area contributed by atoms with Gasteiger partial charge in [-0.15, -0.1) is 11.3 Å². The molecule has 6 nitrogen and oxygen atoms in total. The summed E-state index contributed by atoms with van der Waals surface area (Å²) in [5, 5.41) is 9.77. The average molecular weight is 377 g/mol. The van der Waals surface area contributed by atoms with Crippen molar-refractivity contribution in [2.24, 2.45) is 4.99 Å². The minimum absolute atomic E-state index is 0.447. The van der Waals surface area contributed by atoms with Crippen molar-refractivity contribution in [2.45, 2.75) is 39.8 Å². The third-order valence-corrected chi connectivity index (χ3v) is 4.67. The third-order valence-electron chi connectivity index (χ3n) is 3.80. The number of thiazole rings is 1. The number of hydrogen-bond donors (Lipinski definition) is 2. The molecule has 0 aliphatic heterocycles. The lowest BCUT2D eigenvalue weighted by molar-refractivity contribution is 0.352. The van der Waals surface area contributed by atoms with Crippen LogP contribution >= 0.6 is 11.3 Å². The van der Waals surface area contributed by atoms with Gasteiger partial charge in [-0.05, 0) is 18.9 Å². The van der Waals surface area contributed by atoms with Gasteiger partial charge in [0.1, 0.15) is 5.01 Å². The van der Waals surface area contributed by atoms with Crippen LogP contribution in [0.2, 0.25) is 0 Å². The summed E-state index contributed by atoms with van der Waals surface area (Å²) < 4.78 is 10.8. The smallest absolute Gasteiger partial charge is 0.191 e. The first-order chi connectivity index (χ1) is 12.6. The number of methoxy groups -OCH3 is 2. The largest absolute Gasteiger partial charge is 0.493 e. The van der Waals surface area contributed by atoms with Gasteiger partial charge >= 0.3 is 0 Å². The van der Waals surface area contributed by atoms with E-state index in [9.17, 15) is 0 Å². The van der Waals surface area contributed by atoms with E-state index in [1.807, 2.05) is 25.1 Å². The molecule has 2 N–H and O–H groups in total. The lowest BCUT2D eigenvalue weighted by atomic mass is 10.2. The molecule has 0 atom stereocenters. The van der Waals surface area contributed by atoms with E-state index in [0.29, 0.717) is 24.8 Å². The fourth-order valence-corrected chi connectivity index (χ4v) is 3.31. The van der Waals surface area contributed by atoms with Crippen LogP contribution in [-0.4, -0.2) is 31.7 Å². The van der Waals surface area contributed by atoms with Crippen LogP contribution in [0.3, 0.4) is 0 Å². The van der Waals surface area contributed by atoms with E-state index in [2.05, 4.69) is 39.8 Å². The summed E-state index contributed by atoms with van der Waals surface area (Å²) in [6.45, 7) is 8.28. The van der Waals surface area contributed by atoms with Crippen molar-refractivity contribution < 1.29 is 9.47 Å². The highest BCUT2D eigenvalue weighted by Gasteiger charge is 2.10. The molecular formula is C19H28N4O2S. The minimum atomic E-state index is 0.447. The first-order valence-corrected chi connectivity index (χ1v) is 9.63. The first kappa shape index (κ1) is 20.0. The summed E-state index contributed by atoms with van der Waals surface area (Å²) in [6.07, 6.45) is 0. The van der Waals surface area contributed by atoms with Crippen molar-refractivity contribution >= 4 is 17.3 Å². The van der Waals surface area contributed by atoms with Gasteiger partial charge in [-0.3, -0.25) is 0 Å². The van der Waals surface area contributed by atoms with Gasteiger partial charge in [-0.1, -0.05) is 26.0 Å². The zero-order valence-electron chi connectivity index (χ0n) is 16.1. The number of nitrogens with one attached hydrogen (secondary N) is 2. The van der Waals surface area contributed by atoms with Crippen molar-refractivity contribution in [2.75, 3.05) is 20.8 Å². The summed E-state index contributed by atoms with van der Waals surface area (Å²) in [5.41, 5.74) is 2.11. The van der Waals surface area contributed by atoms with Gasteiger partial charge in [0.2, 0.25) is 0 Å². The van der Waals surface area contributed by atoms with Gasteiger partial charge in [-0.25, -0.2) is 9.98 Å². The second-order valence-corrected chi connectivity index (χ2v) is 6.96. The lowest BCUT2D eigenvalue weighted by Gasteiger charge is -2.13. The Morgan fingerprint density at radius 2 is 2.04 bits per heavy atom. The molecule has 0 fully saturated rings. The van der Waals surface area contributed by atoms with Crippen LogP contribution in [0, 0.1) is 0 Å². The van der Waals surface area contributed by atoms with Crippen molar-refractivity contribution in [1.82, 2.24) is 15.6 Å². The van der Waals surface area contributed by atoms with Crippen molar-refractivity contribution in [3.63, 3.8) is 0 Å². The zero-order chi connectivity index (χ0) is 18.9. The molecule has 26 heavy (non-hydrogen) atoms. The molecule has 0 amide bonds. The van der Waals surface area contributed by atoms with Crippen LogP contribution in [0.4, 0.5) is 0 Å². The topological polar surface area (TPSA) is 67.8 Å². The molecule has 0 spiro atoms. The van der Waals surface area contributed by atoms with Crippen molar-refractivity contribution in [1.29, 1.82) is 0 Å². The Morgan fingerprint density at radius 1 is 1.23 bits per heavy atom. The highest BCUT2D eigenvalue weighted by atomic mass is 32.1. The van der Waals surface area contributed by atoms with E-state index in [-0.39, 0.29) is 0 Å². The van der Waals surface area contributed by atoms with Crippen LogP contribution < -0.4 is 20.1 Å². The molecule has 2 rings (SSSR count). The number of nitrogens with zero attached hydrogens (tertiary/aromatic N) is 2. The number of aliphatic imine (C=N–C) groups is 1. The Kier molecular flexibility index (Phi) is 7.72. The van der Waals surface area contributed by atoms with Gasteiger partial charge in [0.25, 0.3) is 0 Å². The van der Waals surface area contributed by atoms with Crippen LogP contribution in [0.5, 0.6) is 11.5 Å².